The van der Waals surface area contributed by atoms with Crippen LogP contribution in [-0.4, -0.2) is 19.7 Å². The summed E-state index contributed by atoms with van der Waals surface area (Å²) in [6.45, 7) is 2.09. The van der Waals surface area contributed by atoms with Crippen molar-refractivity contribution in [1.29, 1.82) is 0 Å². The van der Waals surface area contributed by atoms with Crippen molar-refractivity contribution in [2.75, 3.05) is 0 Å². The highest BCUT2D eigenvalue weighted by atomic mass is 79.9. The summed E-state index contributed by atoms with van der Waals surface area (Å²) in [7, 11) is 0. The summed E-state index contributed by atoms with van der Waals surface area (Å²) in [5, 5.41) is 8.03. The topological polar surface area (TPSA) is 46.5 Å². The Hall–Kier alpha value is -2.40. The lowest BCUT2D eigenvalue weighted by Crippen LogP contribution is -1.97. The molecule has 0 bridgehead atoms. The Morgan fingerprint density at radius 3 is 2.68 bits per heavy atom. The molecular weight excluding hydrogens is 340 g/mol. The zero-order valence-corrected chi connectivity index (χ0v) is 13.5. The smallest absolute Gasteiger partial charge is 0.146 e. The van der Waals surface area contributed by atoms with Crippen LogP contribution in [0, 0.1) is 6.92 Å². The number of aryl methyl sites for hydroxylation is 1. The molecule has 0 radical (unpaired) electrons. The van der Waals surface area contributed by atoms with Gasteiger partial charge in [0.15, 0.2) is 0 Å². The van der Waals surface area contributed by atoms with E-state index in [1.165, 1.54) is 5.56 Å². The van der Waals surface area contributed by atoms with Crippen molar-refractivity contribution in [2.45, 2.75) is 6.92 Å². The van der Waals surface area contributed by atoms with E-state index in [2.05, 4.69) is 72.9 Å². The molecule has 1 N–H and O–H groups in total. The van der Waals surface area contributed by atoms with Crippen LogP contribution < -0.4 is 0 Å². The molecule has 0 atom stereocenters. The number of hydrogen-bond donors (Lipinski definition) is 1. The van der Waals surface area contributed by atoms with Gasteiger partial charge in [0.2, 0.25) is 0 Å². The van der Waals surface area contributed by atoms with E-state index >= 15 is 0 Å². The second-order valence-corrected chi connectivity index (χ2v) is 6.07. The van der Waals surface area contributed by atoms with E-state index in [0.717, 1.165) is 32.5 Å². The molecule has 4 nitrogen and oxygen atoms in total. The molecule has 4 rings (SSSR count). The molecule has 0 fully saturated rings. The first kappa shape index (κ1) is 13.3. The van der Waals surface area contributed by atoms with E-state index in [0.29, 0.717) is 0 Å². The number of hydrogen-bond acceptors (Lipinski definition) is 2. The highest BCUT2D eigenvalue weighted by Crippen LogP contribution is 2.33. The average molecular weight is 353 g/mol. The second-order valence-electron chi connectivity index (χ2n) is 5.22. The lowest BCUT2D eigenvalue weighted by molar-refractivity contribution is 1.09. The molecule has 0 spiro atoms. The van der Waals surface area contributed by atoms with Gasteiger partial charge in [-0.25, -0.2) is 4.98 Å². The van der Waals surface area contributed by atoms with Crippen LogP contribution in [0.1, 0.15) is 5.56 Å². The molecule has 0 aliphatic rings. The van der Waals surface area contributed by atoms with E-state index in [9.17, 15) is 0 Å². The molecule has 0 saturated carbocycles. The van der Waals surface area contributed by atoms with Gasteiger partial charge in [-0.05, 0) is 47.1 Å². The van der Waals surface area contributed by atoms with Crippen molar-refractivity contribution in [2.24, 2.45) is 0 Å². The second kappa shape index (κ2) is 5.10. The van der Waals surface area contributed by atoms with Crippen LogP contribution in [0.4, 0.5) is 0 Å². The lowest BCUT2D eigenvalue weighted by atomic mass is 10.2. The van der Waals surface area contributed by atoms with Gasteiger partial charge in [-0.15, -0.1) is 0 Å². The van der Waals surface area contributed by atoms with Crippen molar-refractivity contribution >= 4 is 27.0 Å². The van der Waals surface area contributed by atoms with Crippen LogP contribution in [0.15, 0.2) is 59.5 Å². The standard InChI is InChI=1S/C17H13BrN4/c1-11-2-4-13(5-3-11)22-16(12-9-20-21-10-12)8-14-15(18)6-7-19-17(14)22/h2-10H,1H3,(H,20,21). The molecule has 0 aliphatic carbocycles. The molecule has 3 heterocycles. The van der Waals surface area contributed by atoms with E-state index in [-0.39, 0.29) is 0 Å². The molecule has 0 aliphatic heterocycles. The highest BCUT2D eigenvalue weighted by Gasteiger charge is 2.15. The van der Waals surface area contributed by atoms with Crippen LogP contribution >= 0.6 is 15.9 Å². The number of aromatic amines is 1. The number of aromatic nitrogens is 4. The molecule has 3 aromatic heterocycles. The van der Waals surface area contributed by atoms with Gasteiger partial charge in [0, 0.05) is 33.5 Å². The van der Waals surface area contributed by atoms with Gasteiger partial charge in [0.1, 0.15) is 5.65 Å². The van der Waals surface area contributed by atoms with E-state index in [4.69, 9.17) is 0 Å². The molecule has 0 unspecified atom stereocenters. The van der Waals surface area contributed by atoms with Crippen LogP contribution in [0.2, 0.25) is 0 Å². The van der Waals surface area contributed by atoms with Crippen molar-refractivity contribution < 1.29 is 0 Å². The third kappa shape index (κ3) is 2.05. The minimum absolute atomic E-state index is 0.925. The van der Waals surface area contributed by atoms with E-state index in [1.54, 1.807) is 0 Å². The number of pyridine rings is 1. The first-order valence-corrected chi connectivity index (χ1v) is 7.75. The Kier molecular flexibility index (Phi) is 3.08. The summed E-state index contributed by atoms with van der Waals surface area (Å²) in [6, 6.07) is 12.5. The Morgan fingerprint density at radius 1 is 1.14 bits per heavy atom. The highest BCUT2D eigenvalue weighted by molar-refractivity contribution is 9.10. The summed E-state index contributed by atoms with van der Waals surface area (Å²) in [5.41, 5.74) is 5.34. The average Bonchev–Trinajstić information content (AvgIpc) is 3.15. The zero-order chi connectivity index (χ0) is 15.1. The van der Waals surface area contributed by atoms with Crippen molar-refractivity contribution in [3.63, 3.8) is 0 Å². The number of rotatable bonds is 2. The predicted octanol–water partition coefficient (Wildman–Crippen LogP) is 4.49. The van der Waals surface area contributed by atoms with Gasteiger partial charge in [0.05, 0.1) is 11.9 Å². The van der Waals surface area contributed by atoms with Crippen LogP contribution in [0.3, 0.4) is 0 Å². The SMILES string of the molecule is Cc1ccc(-n2c(-c3cn[nH]c3)cc3c(Br)ccnc32)cc1. The van der Waals surface area contributed by atoms with Crippen LogP contribution in [0.25, 0.3) is 28.0 Å². The molecule has 5 heteroatoms. The maximum Gasteiger partial charge on any atom is 0.146 e. The maximum atomic E-state index is 4.57. The molecule has 108 valence electrons. The van der Waals surface area contributed by atoms with Gasteiger partial charge in [-0.3, -0.25) is 9.67 Å². The number of benzene rings is 1. The Bertz CT molecular complexity index is 937. The minimum atomic E-state index is 0.925. The fourth-order valence-corrected chi connectivity index (χ4v) is 3.04. The van der Waals surface area contributed by atoms with E-state index < -0.39 is 0 Å². The van der Waals surface area contributed by atoms with Gasteiger partial charge in [0.25, 0.3) is 0 Å². The quantitative estimate of drug-likeness (QED) is 0.577. The lowest BCUT2D eigenvalue weighted by Gasteiger charge is -2.09. The number of nitrogens with zero attached hydrogens (tertiary/aromatic N) is 3. The van der Waals surface area contributed by atoms with E-state index in [1.807, 2.05) is 24.7 Å². The van der Waals surface area contributed by atoms with Crippen molar-refractivity contribution in [1.82, 2.24) is 19.7 Å². The molecule has 0 amide bonds. The molecule has 22 heavy (non-hydrogen) atoms. The van der Waals surface area contributed by atoms with Crippen molar-refractivity contribution in [3.8, 4) is 16.9 Å². The van der Waals surface area contributed by atoms with Gasteiger partial charge < -0.3 is 0 Å². The zero-order valence-electron chi connectivity index (χ0n) is 11.9. The van der Waals surface area contributed by atoms with Crippen LogP contribution in [0.5, 0.6) is 0 Å². The predicted molar refractivity (Wildman–Crippen MR) is 91.1 cm³/mol. The number of H-pyrrole nitrogens is 1. The first-order chi connectivity index (χ1) is 10.7. The molecular formula is C17H13BrN4. The Labute approximate surface area is 135 Å². The maximum absolute atomic E-state index is 4.57. The summed E-state index contributed by atoms with van der Waals surface area (Å²) in [4.78, 5) is 4.57. The molecule has 1 aromatic carbocycles. The summed E-state index contributed by atoms with van der Waals surface area (Å²) in [6.07, 6.45) is 5.54. The third-order valence-corrected chi connectivity index (χ3v) is 4.43. The summed E-state index contributed by atoms with van der Waals surface area (Å²) in [5.74, 6) is 0. The monoisotopic (exact) mass is 352 g/mol. The summed E-state index contributed by atoms with van der Waals surface area (Å²) < 4.78 is 3.19. The first-order valence-electron chi connectivity index (χ1n) is 6.96. The molecule has 0 saturated heterocycles. The number of halogens is 1. The number of nitrogens with one attached hydrogen (secondary N) is 1. The minimum Gasteiger partial charge on any atom is -0.294 e. The summed E-state index contributed by atoms with van der Waals surface area (Å²) >= 11 is 3.62. The fraction of sp³-hybridized carbons (Fsp3) is 0.0588. The third-order valence-electron chi connectivity index (χ3n) is 3.74. The van der Waals surface area contributed by atoms with Crippen LogP contribution in [-0.2, 0) is 0 Å². The fourth-order valence-electron chi connectivity index (χ4n) is 2.63. The van der Waals surface area contributed by atoms with Gasteiger partial charge >= 0.3 is 0 Å². The largest absolute Gasteiger partial charge is 0.294 e. The number of fused-ring (bicyclic) bond motifs is 1. The van der Waals surface area contributed by atoms with Gasteiger partial charge in [-0.1, -0.05) is 17.7 Å². The molecule has 4 aromatic rings. The van der Waals surface area contributed by atoms with Gasteiger partial charge in [-0.2, -0.15) is 5.10 Å². The normalized spacial score (nSPS) is 11.2. The van der Waals surface area contributed by atoms with Crippen molar-refractivity contribution in [3.05, 3.63) is 65.0 Å². The Balaban J connectivity index is 2.08. The Morgan fingerprint density at radius 2 is 1.95 bits per heavy atom.